The molecule has 0 spiro atoms. The Bertz CT molecular complexity index is 1410. The standard InChI is InChI=1S/C22H19N9O/c1-12-3-2-4-13(9-12)26-22-29-20(30-31-22)15-5-6-17(16-11-25-8-7-14(15)16)32-19-10-18(23)27-21(24)28-19/h2-11H,1H3,(H4,23,24,27,28)(H2,26,29,30,31). The normalized spacial score (nSPS) is 10.9. The second-order valence-electron chi connectivity index (χ2n) is 7.13. The number of anilines is 4. The molecule has 0 fully saturated rings. The van der Waals surface area contributed by atoms with Crippen LogP contribution in [0.25, 0.3) is 22.2 Å². The number of hydrogen-bond acceptors (Lipinski definition) is 9. The number of rotatable bonds is 5. The van der Waals surface area contributed by atoms with E-state index in [1.54, 1.807) is 12.4 Å². The van der Waals surface area contributed by atoms with Gasteiger partial charge in [0.25, 0.3) is 0 Å². The Labute approximate surface area is 182 Å². The Balaban J connectivity index is 1.49. The second-order valence-corrected chi connectivity index (χ2v) is 7.13. The van der Waals surface area contributed by atoms with Crippen molar-refractivity contribution < 1.29 is 4.74 Å². The largest absolute Gasteiger partial charge is 0.438 e. The fourth-order valence-electron chi connectivity index (χ4n) is 3.38. The molecule has 10 nitrogen and oxygen atoms in total. The maximum atomic E-state index is 5.93. The zero-order valence-electron chi connectivity index (χ0n) is 17.1. The number of nitrogens with two attached hydrogens (primary N) is 2. The smallest absolute Gasteiger partial charge is 0.246 e. The summed E-state index contributed by atoms with van der Waals surface area (Å²) in [7, 11) is 0. The lowest BCUT2D eigenvalue weighted by atomic mass is 10.1. The van der Waals surface area contributed by atoms with E-state index in [1.165, 1.54) is 6.07 Å². The SMILES string of the molecule is Cc1cccc(Nc2n[nH]c(-c3ccc(Oc4cc(N)nc(N)n4)c4cnccc34)n2)c1. The van der Waals surface area contributed by atoms with E-state index in [-0.39, 0.29) is 17.6 Å². The number of pyridine rings is 1. The van der Waals surface area contributed by atoms with Crippen LogP contribution in [0.4, 0.5) is 23.4 Å². The molecule has 0 bridgehead atoms. The fraction of sp³-hybridized carbons (Fsp3) is 0.0455. The minimum Gasteiger partial charge on any atom is -0.438 e. The first-order valence-electron chi connectivity index (χ1n) is 9.76. The van der Waals surface area contributed by atoms with Gasteiger partial charge >= 0.3 is 0 Å². The highest BCUT2D eigenvalue weighted by molar-refractivity contribution is 5.98. The van der Waals surface area contributed by atoms with Crippen molar-refractivity contribution in [3.8, 4) is 23.0 Å². The number of nitrogens with zero attached hydrogens (tertiary/aromatic N) is 5. The molecule has 0 aliphatic heterocycles. The third-order valence-corrected chi connectivity index (χ3v) is 4.75. The predicted molar refractivity (Wildman–Crippen MR) is 123 cm³/mol. The van der Waals surface area contributed by atoms with Crippen molar-refractivity contribution in [1.29, 1.82) is 0 Å². The molecule has 0 radical (unpaired) electrons. The molecule has 5 aromatic rings. The molecule has 0 aliphatic rings. The molecule has 5 rings (SSSR count). The molecule has 3 heterocycles. The summed E-state index contributed by atoms with van der Waals surface area (Å²) in [4.78, 5) is 16.8. The van der Waals surface area contributed by atoms with Crippen LogP contribution in [0, 0.1) is 6.92 Å². The third kappa shape index (κ3) is 3.84. The van der Waals surface area contributed by atoms with Crippen LogP contribution in [-0.2, 0) is 0 Å². The summed E-state index contributed by atoms with van der Waals surface area (Å²) in [5, 5.41) is 12.1. The Hall–Kier alpha value is -4.73. The molecule has 2 aromatic carbocycles. The van der Waals surface area contributed by atoms with Crippen LogP contribution in [0.1, 0.15) is 5.56 Å². The summed E-state index contributed by atoms with van der Waals surface area (Å²) in [5.74, 6) is 2.14. The monoisotopic (exact) mass is 425 g/mol. The molecule has 0 aliphatic carbocycles. The van der Waals surface area contributed by atoms with Crippen molar-refractivity contribution in [2.24, 2.45) is 0 Å². The summed E-state index contributed by atoms with van der Waals surface area (Å²) < 4.78 is 5.93. The zero-order valence-corrected chi connectivity index (χ0v) is 17.1. The summed E-state index contributed by atoms with van der Waals surface area (Å²) in [6.45, 7) is 2.03. The lowest BCUT2D eigenvalue weighted by Gasteiger charge is -2.11. The average molecular weight is 425 g/mol. The Kier molecular flexibility index (Phi) is 4.71. The van der Waals surface area contributed by atoms with Crippen LogP contribution in [0.15, 0.2) is 60.9 Å². The number of aromatic amines is 1. The molecule has 10 heteroatoms. The number of fused-ring (bicyclic) bond motifs is 1. The second kappa shape index (κ2) is 7.84. The molecule has 0 saturated carbocycles. The molecular formula is C22H19N9O. The number of ether oxygens (including phenoxy) is 1. The highest BCUT2D eigenvalue weighted by Gasteiger charge is 2.14. The summed E-state index contributed by atoms with van der Waals surface area (Å²) >= 11 is 0. The predicted octanol–water partition coefficient (Wildman–Crippen LogP) is 3.82. The van der Waals surface area contributed by atoms with Crippen LogP contribution in [0.3, 0.4) is 0 Å². The van der Waals surface area contributed by atoms with Crippen molar-refractivity contribution >= 4 is 34.2 Å². The van der Waals surface area contributed by atoms with E-state index < -0.39 is 0 Å². The number of H-pyrrole nitrogens is 1. The van der Waals surface area contributed by atoms with Gasteiger partial charge in [0.05, 0.1) is 0 Å². The Morgan fingerprint density at radius 3 is 2.72 bits per heavy atom. The quantitative estimate of drug-likeness (QED) is 0.329. The van der Waals surface area contributed by atoms with Gasteiger partial charge in [0.15, 0.2) is 5.82 Å². The van der Waals surface area contributed by atoms with E-state index >= 15 is 0 Å². The minimum absolute atomic E-state index is 0.0364. The van der Waals surface area contributed by atoms with Crippen LogP contribution in [0.5, 0.6) is 11.6 Å². The number of aryl methyl sites for hydroxylation is 1. The van der Waals surface area contributed by atoms with Gasteiger partial charge in [0.2, 0.25) is 17.8 Å². The first kappa shape index (κ1) is 19.2. The molecule has 3 aromatic heterocycles. The average Bonchev–Trinajstić information content (AvgIpc) is 3.21. The molecule has 0 saturated heterocycles. The Morgan fingerprint density at radius 2 is 1.88 bits per heavy atom. The number of aromatic nitrogens is 6. The van der Waals surface area contributed by atoms with Crippen molar-refractivity contribution in [3.63, 3.8) is 0 Å². The molecule has 158 valence electrons. The van der Waals surface area contributed by atoms with Crippen LogP contribution in [-0.4, -0.2) is 30.1 Å². The van der Waals surface area contributed by atoms with Gasteiger partial charge < -0.3 is 21.5 Å². The Morgan fingerprint density at radius 1 is 0.969 bits per heavy atom. The highest BCUT2D eigenvalue weighted by atomic mass is 16.5. The molecule has 0 atom stereocenters. The molecule has 32 heavy (non-hydrogen) atoms. The number of nitrogen functional groups attached to an aromatic ring is 2. The van der Waals surface area contributed by atoms with Crippen molar-refractivity contribution in [2.75, 3.05) is 16.8 Å². The van der Waals surface area contributed by atoms with Gasteiger partial charge in [-0.25, -0.2) is 0 Å². The van der Waals surface area contributed by atoms with Crippen molar-refractivity contribution in [3.05, 3.63) is 66.5 Å². The van der Waals surface area contributed by atoms with E-state index in [2.05, 4.69) is 35.5 Å². The zero-order chi connectivity index (χ0) is 22.1. The first-order chi connectivity index (χ1) is 15.5. The summed E-state index contributed by atoms with van der Waals surface area (Å²) in [6.07, 6.45) is 3.42. The van der Waals surface area contributed by atoms with Gasteiger partial charge in [0.1, 0.15) is 11.6 Å². The lowest BCUT2D eigenvalue weighted by Crippen LogP contribution is -2.01. The van der Waals surface area contributed by atoms with Crippen LogP contribution in [0.2, 0.25) is 0 Å². The van der Waals surface area contributed by atoms with Crippen LogP contribution < -0.4 is 21.5 Å². The maximum absolute atomic E-state index is 5.93. The summed E-state index contributed by atoms with van der Waals surface area (Å²) in [5.41, 5.74) is 14.3. The molecule has 0 amide bonds. The maximum Gasteiger partial charge on any atom is 0.246 e. The van der Waals surface area contributed by atoms with E-state index in [0.717, 1.165) is 27.6 Å². The highest BCUT2D eigenvalue weighted by Crippen LogP contribution is 2.35. The van der Waals surface area contributed by atoms with Gasteiger partial charge in [-0.1, -0.05) is 12.1 Å². The third-order valence-electron chi connectivity index (χ3n) is 4.75. The van der Waals surface area contributed by atoms with E-state index in [4.69, 9.17) is 16.2 Å². The van der Waals surface area contributed by atoms with Gasteiger partial charge in [-0.15, -0.1) is 5.10 Å². The first-order valence-corrected chi connectivity index (χ1v) is 9.76. The van der Waals surface area contributed by atoms with Crippen LogP contribution >= 0.6 is 0 Å². The van der Waals surface area contributed by atoms with E-state index in [0.29, 0.717) is 17.5 Å². The number of nitrogens with one attached hydrogen (secondary N) is 2. The van der Waals surface area contributed by atoms with E-state index in [1.807, 2.05) is 49.4 Å². The van der Waals surface area contributed by atoms with Crippen molar-refractivity contribution in [2.45, 2.75) is 6.92 Å². The van der Waals surface area contributed by atoms with Gasteiger partial charge in [-0.2, -0.15) is 15.0 Å². The van der Waals surface area contributed by atoms with Gasteiger partial charge in [0, 0.05) is 35.1 Å². The number of benzene rings is 2. The molecular weight excluding hydrogens is 406 g/mol. The van der Waals surface area contributed by atoms with Gasteiger partial charge in [-0.3, -0.25) is 10.1 Å². The number of hydrogen-bond donors (Lipinski definition) is 4. The topological polar surface area (TPSA) is 154 Å². The van der Waals surface area contributed by atoms with E-state index in [9.17, 15) is 0 Å². The fourth-order valence-corrected chi connectivity index (χ4v) is 3.38. The minimum atomic E-state index is 0.0364. The molecule has 0 unspecified atom stereocenters. The lowest BCUT2D eigenvalue weighted by molar-refractivity contribution is 0.468. The van der Waals surface area contributed by atoms with Gasteiger partial charge in [-0.05, 0) is 48.2 Å². The van der Waals surface area contributed by atoms with Crippen molar-refractivity contribution in [1.82, 2.24) is 30.1 Å². The molecule has 6 N–H and O–H groups in total. The summed E-state index contributed by atoms with van der Waals surface area (Å²) in [6, 6.07) is 15.1.